The van der Waals surface area contributed by atoms with Crippen molar-refractivity contribution in [3.63, 3.8) is 0 Å². The highest BCUT2D eigenvalue weighted by atomic mass is 79.9. The first-order valence-corrected chi connectivity index (χ1v) is 11.1. The summed E-state index contributed by atoms with van der Waals surface area (Å²) in [5.41, 5.74) is 15.5. The van der Waals surface area contributed by atoms with Gasteiger partial charge in [0.25, 0.3) is 0 Å². The first-order valence-electron chi connectivity index (χ1n) is 9.91. The predicted molar refractivity (Wildman–Crippen MR) is 132 cm³/mol. The van der Waals surface area contributed by atoms with Gasteiger partial charge in [-0.25, -0.2) is 9.79 Å². The normalized spacial score (nSPS) is 14.0. The number of amides is 2. The Morgan fingerprint density at radius 1 is 1.31 bits per heavy atom. The van der Waals surface area contributed by atoms with Crippen LogP contribution in [0.1, 0.15) is 11.1 Å². The molecule has 1 aliphatic heterocycles. The zero-order chi connectivity index (χ0) is 23.3. The number of nitrogens with zero attached hydrogens (tertiary/aromatic N) is 2. The summed E-state index contributed by atoms with van der Waals surface area (Å²) in [6, 6.07) is 13.2. The third-order valence-electron chi connectivity index (χ3n) is 4.96. The maximum atomic E-state index is 12.7. The molecule has 0 saturated heterocycles. The molecule has 2 aromatic carbocycles. The van der Waals surface area contributed by atoms with Crippen LogP contribution in [0.2, 0.25) is 5.02 Å². The van der Waals surface area contributed by atoms with E-state index in [0.717, 1.165) is 12.0 Å². The minimum absolute atomic E-state index is 0.101. The number of aliphatic imine (C=N–C) groups is 1. The summed E-state index contributed by atoms with van der Waals surface area (Å²) in [5, 5.41) is 3.38. The summed E-state index contributed by atoms with van der Waals surface area (Å²) in [5.74, 6) is 0.677. The minimum atomic E-state index is -0.204. The van der Waals surface area contributed by atoms with Crippen LogP contribution in [0, 0.1) is 0 Å². The number of hydrogen-bond donors (Lipinski definition) is 3. The number of methoxy groups -OCH3 is 1. The van der Waals surface area contributed by atoms with Gasteiger partial charge in [-0.15, -0.1) is 0 Å². The molecule has 9 heteroatoms. The van der Waals surface area contributed by atoms with Crippen LogP contribution < -0.4 is 21.5 Å². The SMILES string of the molecule is C=C(N)N=C(C1=C(N)CN(C(=O)NCCc2ccccc2)C1)c1cc(OC)c(Br)cc1Cl. The number of nitrogens with two attached hydrogens (primary N) is 2. The lowest BCUT2D eigenvalue weighted by molar-refractivity contribution is 0.210. The van der Waals surface area contributed by atoms with E-state index >= 15 is 0 Å². The third kappa shape index (κ3) is 5.63. The molecule has 0 saturated carbocycles. The number of ether oxygens (including phenoxy) is 1. The average Bonchev–Trinajstić information content (AvgIpc) is 3.14. The largest absolute Gasteiger partial charge is 0.496 e. The first kappa shape index (κ1) is 23.7. The third-order valence-corrected chi connectivity index (χ3v) is 5.89. The van der Waals surface area contributed by atoms with E-state index in [9.17, 15) is 4.79 Å². The number of rotatable bonds is 7. The van der Waals surface area contributed by atoms with Gasteiger partial charge in [-0.2, -0.15) is 0 Å². The molecule has 0 spiro atoms. The molecule has 1 aliphatic rings. The van der Waals surface area contributed by atoms with Crippen LogP contribution in [-0.4, -0.2) is 43.4 Å². The second-order valence-electron chi connectivity index (χ2n) is 7.25. The number of hydrogen-bond acceptors (Lipinski definition) is 5. The second-order valence-corrected chi connectivity index (χ2v) is 8.51. The molecule has 7 nitrogen and oxygen atoms in total. The van der Waals surface area contributed by atoms with Crippen molar-refractivity contribution in [2.75, 3.05) is 26.7 Å². The van der Waals surface area contributed by atoms with Crippen LogP contribution in [0.15, 0.2) is 75.6 Å². The van der Waals surface area contributed by atoms with Gasteiger partial charge in [0, 0.05) is 23.4 Å². The number of carbonyl (C=O) groups excluding carboxylic acids is 1. The van der Waals surface area contributed by atoms with Crippen LogP contribution in [0.3, 0.4) is 0 Å². The molecule has 2 aromatic rings. The fraction of sp³-hybridized carbons (Fsp3) is 0.217. The lowest BCUT2D eigenvalue weighted by atomic mass is 10.0. The van der Waals surface area contributed by atoms with Gasteiger partial charge in [-0.05, 0) is 40.0 Å². The quantitative estimate of drug-likeness (QED) is 0.485. The van der Waals surface area contributed by atoms with Crippen molar-refractivity contribution in [3.8, 4) is 5.75 Å². The highest BCUT2D eigenvalue weighted by molar-refractivity contribution is 9.10. The molecular weight excluding hydrogens is 494 g/mol. The fourth-order valence-electron chi connectivity index (χ4n) is 3.39. The molecule has 0 atom stereocenters. The van der Waals surface area contributed by atoms with Gasteiger partial charge < -0.3 is 26.4 Å². The lowest BCUT2D eigenvalue weighted by Crippen LogP contribution is -2.40. The standard InChI is InChI=1S/C23H25BrClN5O2/c1-14(26)29-22(16-10-21(32-2)18(24)11-19(16)25)17-12-30(13-20(17)27)23(31)28-9-8-15-6-4-3-5-7-15/h3-7,10-11H,1,8-9,12-13,26-27H2,2H3,(H,28,31). The summed E-state index contributed by atoms with van der Waals surface area (Å²) in [6.45, 7) is 4.74. The fourth-order valence-corrected chi connectivity index (χ4v) is 4.28. The lowest BCUT2D eigenvalue weighted by Gasteiger charge is -2.18. The molecule has 0 fully saturated rings. The second kappa shape index (κ2) is 10.6. The van der Waals surface area contributed by atoms with E-state index in [1.165, 1.54) is 0 Å². The van der Waals surface area contributed by atoms with E-state index in [1.54, 1.807) is 24.1 Å². The van der Waals surface area contributed by atoms with E-state index in [1.807, 2.05) is 30.3 Å². The first-order chi connectivity index (χ1) is 15.3. The van der Waals surface area contributed by atoms with E-state index in [4.69, 9.17) is 27.8 Å². The van der Waals surface area contributed by atoms with Crippen molar-refractivity contribution in [2.45, 2.75) is 6.42 Å². The number of nitrogens with one attached hydrogen (secondary N) is 1. The van der Waals surface area contributed by atoms with Crippen LogP contribution in [0.25, 0.3) is 0 Å². The maximum absolute atomic E-state index is 12.7. The number of benzene rings is 2. The van der Waals surface area contributed by atoms with Gasteiger partial charge in [-0.1, -0.05) is 48.5 Å². The summed E-state index contributed by atoms with van der Waals surface area (Å²) in [7, 11) is 1.56. The van der Waals surface area contributed by atoms with Crippen molar-refractivity contribution in [1.82, 2.24) is 10.2 Å². The predicted octanol–water partition coefficient (Wildman–Crippen LogP) is 3.81. The zero-order valence-electron chi connectivity index (χ0n) is 17.7. The highest BCUT2D eigenvalue weighted by Gasteiger charge is 2.29. The van der Waals surface area contributed by atoms with Crippen molar-refractivity contribution in [2.24, 2.45) is 16.5 Å². The van der Waals surface area contributed by atoms with Crippen LogP contribution in [0.5, 0.6) is 5.75 Å². The Bertz CT molecular complexity index is 1090. The molecular formula is C23H25BrClN5O2. The Balaban J connectivity index is 1.77. The molecule has 0 aliphatic carbocycles. The molecule has 32 heavy (non-hydrogen) atoms. The topological polar surface area (TPSA) is 106 Å². The Kier molecular flexibility index (Phi) is 7.82. The summed E-state index contributed by atoms with van der Waals surface area (Å²) >= 11 is 9.91. The smallest absolute Gasteiger partial charge is 0.318 e. The van der Waals surface area contributed by atoms with Crippen LogP contribution >= 0.6 is 27.5 Å². The van der Waals surface area contributed by atoms with Crippen LogP contribution in [-0.2, 0) is 6.42 Å². The Morgan fingerprint density at radius 3 is 2.69 bits per heavy atom. The number of carbonyl (C=O) groups is 1. The molecule has 0 bridgehead atoms. The van der Waals surface area contributed by atoms with Gasteiger partial charge in [0.1, 0.15) is 11.6 Å². The maximum Gasteiger partial charge on any atom is 0.318 e. The van der Waals surface area contributed by atoms with Gasteiger partial charge >= 0.3 is 6.03 Å². The summed E-state index contributed by atoms with van der Waals surface area (Å²) in [4.78, 5) is 18.7. The monoisotopic (exact) mass is 517 g/mol. The Labute approximate surface area is 200 Å². The Hall–Kier alpha value is -2.97. The molecule has 3 rings (SSSR count). The van der Waals surface area contributed by atoms with E-state index in [-0.39, 0.29) is 24.9 Å². The molecule has 1 heterocycles. The summed E-state index contributed by atoms with van der Waals surface area (Å²) in [6.07, 6.45) is 0.740. The average molecular weight is 519 g/mol. The highest BCUT2D eigenvalue weighted by Crippen LogP contribution is 2.34. The minimum Gasteiger partial charge on any atom is -0.496 e. The molecule has 2 amide bonds. The van der Waals surface area contributed by atoms with Crippen molar-refractivity contribution in [3.05, 3.63) is 86.8 Å². The molecule has 0 unspecified atom stereocenters. The van der Waals surface area contributed by atoms with Gasteiger partial charge in [0.05, 0.1) is 35.4 Å². The van der Waals surface area contributed by atoms with Crippen molar-refractivity contribution < 1.29 is 9.53 Å². The Morgan fingerprint density at radius 2 is 2.03 bits per heavy atom. The van der Waals surface area contributed by atoms with Crippen LogP contribution in [0.4, 0.5) is 4.79 Å². The molecule has 0 aromatic heterocycles. The van der Waals surface area contributed by atoms with E-state index < -0.39 is 0 Å². The van der Waals surface area contributed by atoms with Crippen molar-refractivity contribution >= 4 is 39.3 Å². The summed E-state index contributed by atoms with van der Waals surface area (Å²) < 4.78 is 6.09. The molecule has 168 valence electrons. The van der Waals surface area contributed by atoms with E-state index in [2.05, 4.69) is 32.8 Å². The van der Waals surface area contributed by atoms with Gasteiger partial charge in [0.15, 0.2) is 0 Å². The number of urea groups is 1. The number of halogens is 2. The van der Waals surface area contributed by atoms with Gasteiger partial charge in [0.2, 0.25) is 0 Å². The molecule has 0 radical (unpaired) electrons. The van der Waals surface area contributed by atoms with Gasteiger partial charge in [-0.3, -0.25) is 0 Å². The van der Waals surface area contributed by atoms with Crippen molar-refractivity contribution in [1.29, 1.82) is 0 Å². The molecule has 5 N–H and O–H groups in total. The zero-order valence-corrected chi connectivity index (χ0v) is 20.0. The van der Waals surface area contributed by atoms with E-state index in [0.29, 0.717) is 44.3 Å².